The topological polar surface area (TPSA) is 34.1 Å². The molecule has 0 radical (unpaired) electrons. The van der Waals surface area contributed by atoms with Gasteiger partial charge in [-0.15, -0.1) is 0 Å². The molecule has 2 nitrogen and oxygen atoms in total. The summed E-state index contributed by atoms with van der Waals surface area (Å²) in [5.74, 6) is -0.271. The van der Waals surface area contributed by atoms with Crippen LogP contribution in [0.1, 0.15) is 66.8 Å². The zero-order chi connectivity index (χ0) is 20.1. The predicted octanol–water partition coefficient (Wildman–Crippen LogP) is 7.54. The number of ketones is 2. The second-order valence-electron chi connectivity index (χ2n) is 7.44. The standard InChI is InChI=1S/C23H23Cl3O2/c24-16-7-5-6-15(12-16)23(28)14-20(18-11-10-17(25)13-21(18)26)19-8-3-1-2-4-9-22(19)27/h5-7,10-13,19-20H,1-4,8-9,14H2/t19-,20+/m0/s1. The Morgan fingerprint density at radius 3 is 2.46 bits per heavy atom. The van der Waals surface area contributed by atoms with Crippen molar-refractivity contribution in [3.63, 3.8) is 0 Å². The molecule has 28 heavy (non-hydrogen) atoms. The van der Waals surface area contributed by atoms with E-state index in [1.165, 1.54) is 0 Å². The highest BCUT2D eigenvalue weighted by Gasteiger charge is 2.32. The Kier molecular flexibility index (Phi) is 7.56. The number of rotatable bonds is 5. The molecule has 1 aliphatic rings. The summed E-state index contributed by atoms with van der Waals surface area (Å²) in [6, 6.07) is 12.2. The van der Waals surface area contributed by atoms with Gasteiger partial charge in [-0.2, -0.15) is 0 Å². The number of halogens is 3. The van der Waals surface area contributed by atoms with Gasteiger partial charge >= 0.3 is 0 Å². The van der Waals surface area contributed by atoms with Crippen LogP contribution in [-0.2, 0) is 4.79 Å². The summed E-state index contributed by atoms with van der Waals surface area (Å²) in [5, 5.41) is 1.57. The van der Waals surface area contributed by atoms with E-state index in [1.54, 1.807) is 36.4 Å². The lowest BCUT2D eigenvalue weighted by molar-refractivity contribution is -0.124. The number of hydrogen-bond acceptors (Lipinski definition) is 2. The molecule has 1 saturated carbocycles. The van der Waals surface area contributed by atoms with Crippen LogP contribution in [0.15, 0.2) is 42.5 Å². The van der Waals surface area contributed by atoms with E-state index >= 15 is 0 Å². The zero-order valence-electron chi connectivity index (χ0n) is 15.6. The van der Waals surface area contributed by atoms with Gasteiger partial charge in [-0.25, -0.2) is 0 Å². The van der Waals surface area contributed by atoms with Crippen molar-refractivity contribution in [2.75, 3.05) is 0 Å². The maximum absolute atomic E-state index is 13.0. The van der Waals surface area contributed by atoms with Crippen molar-refractivity contribution in [3.05, 3.63) is 68.7 Å². The van der Waals surface area contributed by atoms with E-state index in [0.717, 1.165) is 37.7 Å². The number of carbonyl (C=O) groups excluding carboxylic acids is 2. The first kappa shape index (κ1) is 21.4. The Morgan fingerprint density at radius 1 is 0.964 bits per heavy atom. The molecule has 0 N–H and O–H groups in total. The lowest BCUT2D eigenvalue weighted by Gasteiger charge is -2.28. The highest BCUT2D eigenvalue weighted by molar-refractivity contribution is 6.35. The largest absolute Gasteiger partial charge is 0.299 e. The van der Waals surface area contributed by atoms with Crippen molar-refractivity contribution in [1.29, 1.82) is 0 Å². The molecule has 0 spiro atoms. The molecule has 0 unspecified atom stereocenters. The molecule has 2 aromatic carbocycles. The second-order valence-corrected chi connectivity index (χ2v) is 8.72. The molecule has 5 heteroatoms. The molecular formula is C23H23Cl3O2. The van der Waals surface area contributed by atoms with Gasteiger partial charge in [0.25, 0.3) is 0 Å². The molecule has 0 bridgehead atoms. The summed E-state index contributed by atoms with van der Waals surface area (Å²) in [6.07, 6.45) is 5.68. The van der Waals surface area contributed by atoms with Crippen molar-refractivity contribution in [1.82, 2.24) is 0 Å². The minimum atomic E-state index is -0.262. The van der Waals surface area contributed by atoms with Crippen LogP contribution in [0.5, 0.6) is 0 Å². The van der Waals surface area contributed by atoms with Crippen LogP contribution < -0.4 is 0 Å². The second kappa shape index (κ2) is 9.91. The Morgan fingerprint density at radius 2 is 1.71 bits per heavy atom. The highest BCUT2D eigenvalue weighted by Crippen LogP contribution is 2.39. The fourth-order valence-corrected chi connectivity index (χ4v) is 4.78. The van der Waals surface area contributed by atoms with Crippen LogP contribution in [0.25, 0.3) is 0 Å². The molecule has 0 aromatic heterocycles. The maximum Gasteiger partial charge on any atom is 0.163 e. The Hall–Kier alpha value is -1.35. The lowest BCUT2D eigenvalue weighted by Crippen LogP contribution is -2.26. The minimum absolute atomic E-state index is 0.0339. The number of benzene rings is 2. The molecule has 0 saturated heterocycles. The van der Waals surface area contributed by atoms with Gasteiger partial charge in [0.2, 0.25) is 0 Å². The molecule has 0 heterocycles. The average molecular weight is 438 g/mol. The van der Waals surface area contributed by atoms with E-state index in [0.29, 0.717) is 27.1 Å². The highest BCUT2D eigenvalue weighted by atomic mass is 35.5. The van der Waals surface area contributed by atoms with Crippen LogP contribution >= 0.6 is 34.8 Å². The van der Waals surface area contributed by atoms with Crippen LogP contribution in [0, 0.1) is 5.92 Å². The molecule has 1 aliphatic carbocycles. The summed E-state index contributed by atoms with van der Waals surface area (Å²) in [5.41, 5.74) is 1.38. The fourth-order valence-electron chi connectivity index (χ4n) is 4.04. The van der Waals surface area contributed by atoms with Crippen molar-refractivity contribution in [3.8, 4) is 0 Å². The third-order valence-corrected chi connectivity index (χ3v) is 6.30. The molecule has 148 valence electrons. The van der Waals surface area contributed by atoms with E-state index in [2.05, 4.69) is 0 Å². The van der Waals surface area contributed by atoms with Gasteiger partial charge in [0.05, 0.1) is 0 Å². The third-order valence-electron chi connectivity index (χ3n) is 5.50. The summed E-state index contributed by atoms with van der Waals surface area (Å²) in [6.45, 7) is 0. The number of carbonyl (C=O) groups is 2. The molecule has 2 aromatic rings. The molecule has 0 aliphatic heterocycles. The minimum Gasteiger partial charge on any atom is -0.299 e. The lowest BCUT2D eigenvalue weighted by atomic mass is 9.75. The summed E-state index contributed by atoms with van der Waals surface area (Å²) < 4.78 is 0. The van der Waals surface area contributed by atoms with Gasteiger partial charge < -0.3 is 0 Å². The SMILES string of the molecule is O=C(C[C@H](c1ccc(Cl)cc1Cl)[C@@H]1CCCCCCC1=O)c1cccc(Cl)c1. The smallest absolute Gasteiger partial charge is 0.163 e. The van der Waals surface area contributed by atoms with Crippen molar-refractivity contribution >= 4 is 46.4 Å². The van der Waals surface area contributed by atoms with Crippen LogP contribution in [0.3, 0.4) is 0 Å². The Bertz CT molecular complexity index is 863. The Balaban J connectivity index is 1.95. The van der Waals surface area contributed by atoms with Gasteiger partial charge in [0.15, 0.2) is 5.78 Å². The summed E-state index contributed by atoms with van der Waals surface area (Å²) in [7, 11) is 0. The van der Waals surface area contributed by atoms with Crippen LogP contribution in [0.2, 0.25) is 15.1 Å². The molecule has 0 amide bonds. The van der Waals surface area contributed by atoms with E-state index < -0.39 is 0 Å². The first-order chi connectivity index (χ1) is 13.5. The summed E-state index contributed by atoms with van der Waals surface area (Å²) >= 11 is 18.6. The van der Waals surface area contributed by atoms with Crippen LogP contribution in [-0.4, -0.2) is 11.6 Å². The third kappa shape index (κ3) is 5.37. The number of Topliss-reactive ketones (excluding diaryl/α,β-unsaturated/α-hetero) is 2. The van der Waals surface area contributed by atoms with E-state index in [1.807, 2.05) is 6.07 Å². The van der Waals surface area contributed by atoms with Gasteiger partial charge in [0, 0.05) is 45.3 Å². The average Bonchev–Trinajstić information content (AvgIpc) is 2.64. The Labute approximate surface area is 181 Å². The summed E-state index contributed by atoms with van der Waals surface area (Å²) in [4.78, 5) is 26.0. The molecular weight excluding hydrogens is 415 g/mol. The number of hydrogen-bond donors (Lipinski definition) is 0. The molecule has 3 rings (SSSR count). The quantitative estimate of drug-likeness (QED) is 0.453. The monoisotopic (exact) mass is 436 g/mol. The van der Waals surface area contributed by atoms with E-state index in [9.17, 15) is 9.59 Å². The van der Waals surface area contributed by atoms with Crippen molar-refractivity contribution in [2.24, 2.45) is 5.92 Å². The maximum atomic E-state index is 13.0. The van der Waals surface area contributed by atoms with E-state index in [4.69, 9.17) is 34.8 Å². The van der Waals surface area contributed by atoms with Gasteiger partial charge in [-0.05, 0) is 42.7 Å². The first-order valence-corrected chi connectivity index (χ1v) is 10.9. The van der Waals surface area contributed by atoms with Gasteiger partial charge in [0.1, 0.15) is 5.78 Å². The van der Waals surface area contributed by atoms with Gasteiger partial charge in [-0.3, -0.25) is 9.59 Å². The zero-order valence-corrected chi connectivity index (χ0v) is 17.9. The normalized spacial score (nSPS) is 19.0. The fraction of sp³-hybridized carbons (Fsp3) is 0.391. The van der Waals surface area contributed by atoms with Crippen molar-refractivity contribution in [2.45, 2.75) is 50.9 Å². The van der Waals surface area contributed by atoms with Crippen LogP contribution in [0.4, 0.5) is 0 Å². The van der Waals surface area contributed by atoms with Crippen molar-refractivity contribution < 1.29 is 9.59 Å². The predicted molar refractivity (Wildman–Crippen MR) is 116 cm³/mol. The van der Waals surface area contributed by atoms with E-state index in [-0.39, 0.29) is 29.8 Å². The molecule has 2 atom stereocenters. The molecule has 1 fully saturated rings. The van der Waals surface area contributed by atoms with Gasteiger partial charge in [-0.1, -0.05) is 72.3 Å². The first-order valence-electron chi connectivity index (χ1n) is 9.72.